The van der Waals surface area contributed by atoms with Crippen LogP contribution in [-0.4, -0.2) is 15.9 Å². The summed E-state index contributed by atoms with van der Waals surface area (Å²) in [5.74, 6) is 0.0588. The van der Waals surface area contributed by atoms with Gasteiger partial charge in [-0.1, -0.05) is 26.8 Å². The molecule has 21 heavy (non-hydrogen) atoms. The van der Waals surface area contributed by atoms with E-state index in [0.29, 0.717) is 13.0 Å². The van der Waals surface area contributed by atoms with E-state index in [1.54, 1.807) is 18.6 Å². The molecule has 0 bridgehead atoms. The van der Waals surface area contributed by atoms with E-state index in [1.165, 1.54) is 0 Å². The molecule has 2 aromatic heterocycles. The summed E-state index contributed by atoms with van der Waals surface area (Å²) in [6.07, 6.45) is 5.78. The molecule has 0 radical (unpaired) electrons. The minimum absolute atomic E-state index is 0.00873. The van der Waals surface area contributed by atoms with Crippen molar-refractivity contribution in [2.75, 3.05) is 0 Å². The second kappa shape index (κ2) is 6.48. The number of nitrogens with one attached hydrogen (secondary N) is 1. The second-order valence-electron chi connectivity index (χ2n) is 6.27. The average molecular weight is 283 g/mol. The van der Waals surface area contributed by atoms with Crippen molar-refractivity contribution in [1.82, 2.24) is 15.3 Å². The Bertz CT molecular complexity index is 603. The Balaban J connectivity index is 2.10. The zero-order valence-corrected chi connectivity index (χ0v) is 12.8. The van der Waals surface area contributed by atoms with Gasteiger partial charge in [-0.05, 0) is 29.2 Å². The fraction of sp³-hybridized carbons (Fsp3) is 0.353. The topological polar surface area (TPSA) is 54.9 Å². The molecule has 0 aliphatic rings. The first kappa shape index (κ1) is 15.2. The number of hydrogen-bond acceptors (Lipinski definition) is 3. The molecule has 0 fully saturated rings. The summed E-state index contributed by atoms with van der Waals surface area (Å²) in [4.78, 5) is 20.5. The van der Waals surface area contributed by atoms with Gasteiger partial charge in [0.05, 0.1) is 5.69 Å². The Morgan fingerprint density at radius 3 is 2.62 bits per heavy atom. The van der Waals surface area contributed by atoms with Gasteiger partial charge in [0.2, 0.25) is 5.91 Å². The number of rotatable bonds is 4. The Labute approximate surface area is 125 Å². The number of hydrogen-bond donors (Lipinski definition) is 1. The molecule has 2 heterocycles. The zero-order chi connectivity index (χ0) is 15.3. The van der Waals surface area contributed by atoms with E-state index in [0.717, 1.165) is 16.8 Å². The van der Waals surface area contributed by atoms with Crippen molar-refractivity contribution in [2.24, 2.45) is 5.41 Å². The molecule has 2 aromatic rings. The van der Waals surface area contributed by atoms with E-state index in [9.17, 15) is 4.79 Å². The van der Waals surface area contributed by atoms with Crippen molar-refractivity contribution in [1.29, 1.82) is 0 Å². The lowest BCUT2D eigenvalue weighted by atomic mass is 9.92. The summed E-state index contributed by atoms with van der Waals surface area (Å²) in [6.45, 7) is 6.64. The second-order valence-corrected chi connectivity index (χ2v) is 6.27. The molecule has 0 aromatic carbocycles. The molecule has 2 rings (SSSR count). The molecule has 0 unspecified atom stereocenters. The van der Waals surface area contributed by atoms with Gasteiger partial charge < -0.3 is 5.32 Å². The van der Waals surface area contributed by atoms with Crippen LogP contribution >= 0.6 is 0 Å². The van der Waals surface area contributed by atoms with Gasteiger partial charge in [0.1, 0.15) is 0 Å². The third-order valence-electron chi connectivity index (χ3n) is 2.99. The van der Waals surface area contributed by atoms with Crippen LogP contribution in [0.1, 0.15) is 32.8 Å². The van der Waals surface area contributed by atoms with E-state index in [1.807, 2.05) is 24.3 Å². The molecule has 1 N–H and O–H groups in total. The molecule has 4 nitrogen and oxygen atoms in total. The standard InChI is InChI=1S/C17H21N3O/c1-17(2,3)10-15(21)20-12-14-7-5-9-19-16(14)13-6-4-8-18-11-13/h4-9,11H,10,12H2,1-3H3,(H,20,21). The highest BCUT2D eigenvalue weighted by Gasteiger charge is 2.16. The van der Waals surface area contributed by atoms with Crippen LogP contribution in [0.2, 0.25) is 0 Å². The Hall–Kier alpha value is -2.23. The van der Waals surface area contributed by atoms with Gasteiger partial charge in [-0.15, -0.1) is 0 Å². The molecular weight excluding hydrogens is 262 g/mol. The molecular formula is C17H21N3O. The van der Waals surface area contributed by atoms with Crippen LogP contribution in [0.3, 0.4) is 0 Å². The lowest BCUT2D eigenvalue weighted by Gasteiger charge is -2.17. The van der Waals surface area contributed by atoms with E-state index in [-0.39, 0.29) is 11.3 Å². The third kappa shape index (κ3) is 4.67. The number of aromatic nitrogens is 2. The Morgan fingerprint density at radius 1 is 1.19 bits per heavy atom. The normalized spacial score (nSPS) is 11.2. The first-order chi connectivity index (χ1) is 9.96. The van der Waals surface area contributed by atoms with Crippen LogP contribution in [0, 0.1) is 5.41 Å². The molecule has 0 aliphatic heterocycles. The van der Waals surface area contributed by atoms with Gasteiger partial charge in [0.25, 0.3) is 0 Å². The number of amides is 1. The van der Waals surface area contributed by atoms with E-state index >= 15 is 0 Å². The van der Waals surface area contributed by atoms with Crippen LogP contribution in [0.25, 0.3) is 11.3 Å². The van der Waals surface area contributed by atoms with Gasteiger partial charge in [-0.2, -0.15) is 0 Å². The van der Waals surface area contributed by atoms with Gasteiger partial charge in [0, 0.05) is 37.1 Å². The van der Waals surface area contributed by atoms with Crippen LogP contribution in [0.15, 0.2) is 42.9 Å². The number of carbonyl (C=O) groups is 1. The zero-order valence-electron chi connectivity index (χ0n) is 12.8. The highest BCUT2D eigenvalue weighted by Crippen LogP contribution is 2.21. The molecule has 0 saturated heterocycles. The number of pyridine rings is 2. The average Bonchev–Trinajstić information content (AvgIpc) is 2.45. The van der Waals surface area contributed by atoms with Crippen molar-refractivity contribution in [2.45, 2.75) is 33.7 Å². The van der Waals surface area contributed by atoms with Gasteiger partial charge in [0.15, 0.2) is 0 Å². The molecule has 4 heteroatoms. The Kier molecular flexibility index (Phi) is 4.68. The molecule has 0 aliphatic carbocycles. The van der Waals surface area contributed by atoms with Gasteiger partial charge in [-0.25, -0.2) is 0 Å². The quantitative estimate of drug-likeness (QED) is 0.937. The van der Waals surface area contributed by atoms with E-state index in [4.69, 9.17) is 0 Å². The molecule has 0 atom stereocenters. The molecule has 0 saturated carbocycles. The molecule has 1 amide bonds. The van der Waals surface area contributed by atoms with Crippen molar-refractivity contribution in [3.63, 3.8) is 0 Å². The maximum Gasteiger partial charge on any atom is 0.220 e. The largest absolute Gasteiger partial charge is 0.352 e. The minimum Gasteiger partial charge on any atom is -0.352 e. The third-order valence-corrected chi connectivity index (χ3v) is 2.99. The van der Waals surface area contributed by atoms with Crippen LogP contribution in [0.4, 0.5) is 0 Å². The van der Waals surface area contributed by atoms with Gasteiger partial charge in [-0.3, -0.25) is 14.8 Å². The molecule has 0 spiro atoms. The van der Waals surface area contributed by atoms with Crippen molar-refractivity contribution in [3.8, 4) is 11.3 Å². The lowest BCUT2D eigenvalue weighted by Crippen LogP contribution is -2.27. The smallest absolute Gasteiger partial charge is 0.220 e. The van der Waals surface area contributed by atoms with Crippen molar-refractivity contribution >= 4 is 5.91 Å². The maximum atomic E-state index is 11.9. The summed E-state index contributed by atoms with van der Waals surface area (Å²) in [5.41, 5.74) is 2.80. The SMILES string of the molecule is CC(C)(C)CC(=O)NCc1cccnc1-c1cccnc1. The van der Waals surface area contributed by atoms with Gasteiger partial charge >= 0.3 is 0 Å². The number of carbonyl (C=O) groups excluding carboxylic acids is 1. The monoisotopic (exact) mass is 283 g/mol. The number of nitrogens with zero attached hydrogens (tertiary/aromatic N) is 2. The highest BCUT2D eigenvalue weighted by molar-refractivity contribution is 5.76. The first-order valence-corrected chi connectivity index (χ1v) is 7.07. The highest BCUT2D eigenvalue weighted by atomic mass is 16.1. The van der Waals surface area contributed by atoms with Crippen LogP contribution < -0.4 is 5.32 Å². The minimum atomic E-state index is -0.00873. The predicted octanol–water partition coefficient (Wildman–Crippen LogP) is 3.20. The Morgan fingerprint density at radius 2 is 1.95 bits per heavy atom. The summed E-state index contributed by atoms with van der Waals surface area (Å²) in [6, 6.07) is 7.71. The molecule has 110 valence electrons. The van der Waals surface area contributed by atoms with Crippen molar-refractivity contribution < 1.29 is 4.79 Å². The summed E-state index contributed by atoms with van der Waals surface area (Å²) >= 11 is 0. The van der Waals surface area contributed by atoms with Crippen LogP contribution in [-0.2, 0) is 11.3 Å². The first-order valence-electron chi connectivity index (χ1n) is 7.07. The maximum absolute atomic E-state index is 11.9. The summed E-state index contributed by atoms with van der Waals surface area (Å²) < 4.78 is 0. The lowest BCUT2D eigenvalue weighted by molar-refractivity contribution is -0.122. The van der Waals surface area contributed by atoms with Crippen molar-refractivity contribution in [3.05, 3.63) is 48.4 Å². The van der Waals surface area contributed by atoms with Crippen LogP contribution in [0.5, 0.6) is 0 Å². The predicted molar refractivity (Wildman–Crippen MR) is 83.4 cm³/mol. The van der Waals surface area contributed by atoms with E-state index < -0.39 is 0 Å². The summed E-state index contributed by atoms with van der Waals surface area (Å²) in [7, 11) is 0. The fourth-order valence-corrected chi connectivity index (χ4v) is 2.08. The van der Waals surface area contributed by atoms with E-state index in [2.05, 4.69) is 36.1 Å². The summed E-state index contributed by atoms with van der Waals surface area (Å²) in [5, 5.41) is 2.97. The fourth-order valence-electron chi connectivity index (χ4n) is 2.08.